The molecule has 4 aromatic rings. The molecule has 0 fully saturated rings. The number of benzene rings is 1. The van der Waals surface area contributed by atoms with Gasteiger partial charge in [-0.1, -0.05) is 30.3 Å². The molecule has 0 saturated heterocycles. The first-order valence-corrected chi connectivity index (χ1v) is 10.0. The topological polar surface area (TPSA) is 75.5 Å². The van der Waals surface area contributed by atoms with E-state index in [9.17, 15) is 9.59 Å². The molecular formula is C22H22ClN5O3. The second-order valence-electron chi connectivity index (χ2n) is 7.18. The van der Waals surface area contributed by atoms with Crippen molar-refractivity contribution in [3.05, 3.63) is 80.8 Å². The Hall–Kier alpha value is -3.52. The van der Waals surface area contributed by atoms with Crippen LogP contribution < -0.4 is 16.0 Å². The molecular weight excluding hydrogens is 418 g/mol. The number of fused-ring (bicyclic) bond motifs is 3. The summed E-state index contributed by atoms with van der Waals surface area (Å²) in [5, 5.41) is 0.529. The van der Waals surface area contributed by atoms with Crippen LogP contribution >= 0.6 is 11.6 Å². The van der Waals surface area contributed by atoms with Crippen molar-refractivity contribution in [2.45, 2.75) is 20.4 Å². The molecule has 0 radical (unpaired) electrons. The standard InChI is InChI=1S/C22H22ClN5O3/c1-6-10-26-20(29)18-19(25(5)22(26)30)24-21-27(13(3)14(4)28(18)21)16-12-15(23)8-9-17(16)31-11-7-2/h6-9,12H,1-2,10-11H2,3-5H3. The molecule has 0 aliphatic heterocycles. The second kappa shape index (κ2) is 7.63. The highest BCUT2D eigenvalue weighted by Crippen LogP contribution is 2.32. The van der Waals surface area contributed by atoms with Gasteiger partial charge >= 0.3 is 5.69 Å². The van der Waals surface area contributed by atoms with Gasteiger partial charge in [-0.05, 0) is 32.0 Å². The minimum atomic E-state index is -0.447. The third kappa shape index (κ3) is 3.02. The van der Waals surface area contributed by atoms with E-state index in [1.807, 2.05) is 18.4 Å². The van der Waals surface area contributed by atoms with E-state index in [4.69, 9.17) is 16.3 Å². The average molecular weight is 440 g/mol. The highest BCUT2D eigenvalue weighted by molar-refractivity contribution is 6.30. The maximum absolute atomic E-state index is 13.2. The lowest BCUT2D eigenvalue weighted by Crippen LogP contribution is -2.39. The van der Waals surface area contributed by atoms with Crippen molar-refractivity contribution < 1.29 is 4.74 Å². The molecule has 8 nitrogen and oxygen atoms in total. The van der Waals surface area contributed by atoms with Crippen LogP contribution in [0.5, 0.6) is 5.75 Å². The average Bonchev–Trinajstić information content (AvgIpc) is 3.24. The maximum atomic E-state index is 13.2. The zero-order valence-electron chi connectivity index (χ0n) is 17.6. The van der Waals surface area contributed by atoms with Crippen molar-refractivity contribution in [2.24, 2.45) is 7.05 Å². The van der Waals surface area contributed by atoms with E-state index >= 15 is 0 Å². The van der Waals surface area contributed by atoms with Crippen LogP contribution in [0.2, 0.25) is 5.02 Å². The molecule has 0 aliphatic carbocycles. The number of allylic oxidation sites excluding steroid dienone is 1. The van der Waals surface area contributed by atoms with Crippen LogP contribution in [0.4, 0.5) is 0 Å². The maximum Gasteiger partial charge on any atom is 0.332 e. The third-order valence-electron chi connectivity index (χ3n) is 5.35. The largest absolute Gasteiger partial charge is 0.487 e. The van der Waals surface area contributed by atoms with Gasteiger partial charge in [0.05, 0.1) is 5.69 Å². The van der Waals surface area contributed by atoms with E-state index < -0.39 is 11.2 Å². The Kier molecular flexibility index (Phi) is 5.10. The van der Waals surface area contributed by atoms with Crippen molar-refractivity contribution in [3.63, 3.8) is 0 Å². The Morgan fingerprint density at radius 3 is 2.58 bits per heavy atom. The number of halogens is 1. The van der Waals surface area contributed by atoms with Gasteiger partial charge in [-0.25, -0.2) is 4.79 Å². The van der Waals surface area contributed by atoms with Crippen molar-refractivity contribution in [2.75, 3.05) is 6.61 Å². The highest BCUT2D eigenvalue weighted by Gasteiger charge is 2.24. The summed E-state index contributed by atoms with van der Waals surface area (Å²) >= 11 is 6.29. The zero-order chi connectivity index (χ0) is 22.4. The first kappa shape index (κ1) is 20.7. The molecule has 9 heteroatoms. The Bertz CT molecular complexity index is 1490. The molecule has 0 spiro atoms. The van der Waals surface area contributed by atoms with E-state index in [0.29, 0.717) is 40.0 Å². The van der Waals surface area contributed by atoms with Gasteiger partial charge in [-0.3, -0.25) is 22.9 Å². The van der Waals surface area contributed by atoms with Crippen LogP contribution in [0.3, 0.4) is 0 Å². The van der Waals surface area contributed by atoms with Crippen molar-refractivity contribution in [1.82, 2.24) is 23.1 Å². The molecule has 0 saturated carbocycles. The van der Waals surface area contributed by atoms with Gasteiger partial charge in [0.15, 0.2) is 11.2 Å². The summed E-state index contributed by atoms with van der Waals surface area (Å²) in [5.41, 5.74) is 2.12. The van der Waals surface area contributed by atoms with Gasteiger partial charge in [-0.15, -0.1) is 6.58 Å². The van der Waals surface area contributed by atoms with Gasteiger partial charge in [0.1, 0.15) is 12.4 Å². The molecule has 0 unspecified atom stereocenters. The number of hydrogen-bond donors (Lipinski definition) is 0. The lowest BCUT2D eigenvalue weighted by atomic mass is 10.2. The van der Waals surface area contributed by atoms with E-state index in [1.165, 1.54) is 10.6 Å². The van der Waals surface area contributed by atoms with Crippen LogP contribution in [0.15, 0.2) is 53.1 Å². The van der Waals surface area contributed by atoms with E-state index in [0.717, 1.165) is 16.0 Å². The summed E-state index contributed by atoms with van der Waals surface area (Å²) in [5.74, 6) is 1.08. The van der Waals surface area contributed by atoms with Crippen LogP contribution in [0.25, 0.3) is 22.6 Å². The summed E-state index contributed by atoms with van der Waals surface area (Å²) in [6, 6.07) is 5.30. The third-order valence-corrected chi connectivity index (χ3v) is 5.58. The number of ether oxygens (including phenoxy) is 1. The Morgan fingerprint density at radius 1 is 1.16 bits per heavy atom. The number of nitrogens with zero attached hydrogens (tertiary/aromatic N) is 5. The predicted octanol–water partition coefficient (Wildman–Crippen LogP) is 3.16. The number of aryl methyl sites for hydroxylation is 2. The van der Waals surface area contributed by atoms with E-state index in [2.05, 4.69) is 18.1 Å². The summed E-state index contributed by atoms with van der Waals surface area (Å²) in [7, 11) is 1.60. The van der Waals surface area contributed by atoms with Crippen molar-refractivity contribution in [3.8, 4) is 11.4 Å². The smallest absolute Gasteiger partial charge is 0.332 e. The summed E-state index contributed by atoms with van der Waals surface area (Å²) < 4.78 is 12.0. The monoisotopic (exact) mass is 439 g/mol. The van der Waals surface area contributed by atoms with Gasteiger partial charge in [0, 0.05) is 30.0 Å². The van der Waals surface area contributed by atoms with Gasteiger partial charge in [0.2, 0.25) is 5.78 Å². The Morgan fingerprint density at radius 2 is 1.90 bits per heavy atom. The molecule has 0 aliphatic rings. The van der Waals surface area contributed by atoms with E-state index in [1.54, 1.807) is 35.7 Å². The van der Waals surface area contributed by atoms with Crippen LogP contribution in [-0.2, 0) is 13.6 Å². The Balaban J connectivity index is 2.16. The first-order valence-electron chi connectivity index (χ1n) is 9.66. The molecule has 0 bridgehead atoms. The summed E-state index contributed by atoms with van der Waals surface area (Å²) in [6.07, 6.45) is 3.18. The predicted molar refractivity (Wildman–Crippen MR) is 122 cm³/mol. The lowest BCUT2D eigenvalue weighted by molar-refractivity contribution is 0.362. The number of rotatable bonds is 6. The fourth-order valence-electron chi connectivity index (χ4n) is 3.77. The number of imidazole rings is 2. The van der Waals surface area contributed by atoms with Gasteiger partial charge in [-0.2, -0.15) is 4.98 Å². The normalized spacial score (nSPS) is 11.4. The quantitative estimate of drug-likeness (QED) is 0.432. The SMILES string of the molecule is C=CCOc1ccc(Cl)cc1-n1c(C)c(C)n2c3c(=O)n(CC=C)c(=O)n(C)c3nc12. The van der Waals surface area contributed by atoms with Gasteiger partial charge in [0.25, 0.3) is 5.56 Å². The first-order chi connectivity index (χ1) is 14.8. The fourth-order valence-corrected chi connectivity index (χ4v) is 3.93. The van der Waals surface area contributed by atoms with Crippen molar-refractivity contribution >= 4 is 28.5 Å². The number of aromatic nitrogens is 5. The van der Waals surface area contributed by atoms with Crippen LogP contribution in [0.1, 0.15) is 11.4 Å². The van der Waals surface area contributed by atoms with Gasteiger partial charge < -0.3 is 4.74 Å². The molecule has 0 atom stereocenters. The molecule has 3 aromatic heterocycles. The molecule has 160 valence electrons. The highest BCUT2D eigenvalue weighted by atomic mass is 35.5. The molecule has 0 amide bonds. The molecule has 0 N–H and O–H groups in total. The second-order valence-corrected chi connectivity index (χ2v) is 7.62. The molecule has 4 rings (SSSR count). The Labute approximate surface area is 182 Å². The molecule has 3 heterocycles. The fraction of sp³-hybridized carbons (Fsp3) is 0.227. The minimum absolute atomic E-state index is 0.112. The van der Waals surface area contributed by atoms with Crippen molar-refractivity contribution in [1.29, 1.82) is 0 Å². The number of hydrogen-bond acceptors (Lipinski definition) is 4. The van der Waals surface area contributed by atoms with Crippen LogP contribution in [-0.4, -0.2) is 29.7 Å². The minimum Gasteiger partial charge on any atom is -0.487 e. The lowest BCUT2D eigenvalue weighted by Gasteiger charge is -2.13. The molecule has 1 aromatic carbocycles. The van der Waals surface area contributed by atoms with Crippen LogP contribution in [0, 0.1) is 13.8 Å². The summed E-state index contributed by atoms with van der Waals surface area (Å²) in [6.45, 7) is 11.6. The zero-order valence-corrected chi connectivity index (χ0v) is 18.3. The summed E-state index contributed by atoms with van der Waals surface area (Å²) in [4.78, 5) is 30.6. The molecule has 31 heavy (non-hydrogen) atoms. The van der Waals surface area contributed by atoms with E-state index in [-0.39, 0.29) is 6.54 Å².